The highest BCUT2D eigenvalue weighted by atomic mass is 32.2. The van der Waals surface area contributed by atoms with Gasteiger partial charge in [-0.05, 0) is 5.57 Å². The van der Waals surface area contributed by atoms with Crippen LogP contribution in [-0.2, 0) is 23.9 Å². The molecule has 3 rings (SSSR count). The molecule has 1 aromatic rings. The van der Waals surface area contributed by atoms with Crippen LogP contribution in [0.5, 0.6) is 0 Å². The van der Waals surface area contributed by atoms with Crippen molar-refractivity contribution in [3.05, 3.63) is 27.9 Å². The van der Waals surface area contributed by atoms with E-state index < -0.39 is 24.8 Å². The lowest BCUT2D eigenvalue weighted by atomic mass is 10.0. The van der Waals surface area contributed by atoms with Gasteiger partial charge in [0.25, 0.3) is 0 Å². The van der Waals surface area contributed by atoms with Gasteiger partial charge in [-0.1, -0.05) is 11.8 Å². The lowest BCUT2D eigenvalue weighted by molar-refractivity contribution is -0.166. The Morgan fingerprint density at radius 2 is 2.19 bits per heavy atom. The number of carbonyl (C=O) groups excluding carboxylic acids is 4. The summed E-state index contributed by atoms with van der Waals surface area (Å²) in [6, 6.07) is -0.683. The molecule has 1 unspecified atom stereocenters. The smallest absolute Gasteiger partial charge is 0.357 e. The Morgan fingerprint density at radius 1 is 1.41 bits per heavy atom. The summed E-state index contributed by atoms with van der Waals surface area (Å²) in [4.78, 5) is 52.9. The minimum atomic E-state index is -0.793. The van der Waals surface area contributed by atoms with Crippen LogP contribution in [-0.4, -0.2) is 62.6 Å². The topological polar surface area (TPSA) is 129 Å². The number of nitrogens with two attached hydrogens (primary N) is 1. The second-order valence-electron chi connectivity index (χ2n) is 5.49. The number of ether oxygens (including phenoxy) is 2. The number of esters is 2. The molecule has 2 aliphatic heterocycles. The third-order valence-corrected chi connectivity index (χ3v) is 6.93. The quantitative estimate of drug-likeness (QED) is 0.389. The molecule has 0 aromatic carbocycles. The molecule has 3 heterocycles. The van der Waals surface area contributed by atoms with E-state index >= 15 is 0 Å². The average molecular weight is 430 g/mol. The van der Waals surface area contributed by atoms with E-state index in [1.54, 1.807) is 5.38 Å². The first-order valence-electron chi connectivity index (χ1n) is 7.69. The van der Waals surface area contributed by atoms with Crippen molar-refractivity contribution >= 4 is 57.8 Å². The molecular weight excluding hydrogens is 414 g/mol. The molecule has 2 atom stereocenters. The van der Waals surface area contributed by atoms with Crippen LogP contribution < -0.4 is 5.73 Å². The van der Waals surface area contributed by atoms with Gasteiger partial charge in [0.15, 0.2) is 5.01 Å². The molecule has 0 aliphatic carbocycles. The molecule has 1 fully saturated rings. The van der Waals surface area contributed by atoms with Crippen LogP contribution in [0.15, 0.2) is 22.8 Å². The molecule has 144 valence electrons. The summed E-state index contributed by atoms with van der Waals surface area (Å²) in [6.07, 6.45) is 1.54. The number of hydrogen-bond acceptors (Lipinski definition) is 11. The largest absolute Gasteiger partial charge is 0.428 e. The highest BCUT2D eigenvalue weighted by Crippen LogP contribution is 2.40. The SMILES string of the molecule is CC(=O)OCOC(=O)C1=C(CSC(=O)c2nccs2)CS[C@@H]2C(N)C(=O)N12. The molecule has 2 N–H and O–H groups in total. The van der Waals surface area contributed by atoms with Crippen LogP contribution >= 0.6 is 34.9 Å². The fourth-order valence-corrected chi connectivity index (χ4v) is 5.38. The number of thiazole rings is 1. The maximum atomic E-state index is 12.5. The zero-order valence-electron chi connectivity index (χ0n) is 14.1. The van der Waals surface area contributed by atoms with Crippen molar-refractivity contribution in [1.29, 1.82) is 0 Å². The number of rotatable bonds is 6. The highest BCUT2D eigenvalue weighted by Gasteiger charge is 2.52. The number of β-lactam (4-membered cyclic amide) rings is 1. The van der Waals surface area contributed by atoms with Gasteiger partial charge in [0.1, 0.15) is 17.1 Å². The Bertz CT molecular complexity index is 810. The van der Waals surface area contributed by atoms with Crippen molar-refractivity contribution in [2.75, 3.05) is 18.3 Å². The Morgan fingerprint density at radius 3 is 2.85 bits per heavy atom. The molecule has 1 aromatic heterocycles. The third-order valence-electron chi connectivity index (χ3n) is 3.72. The van der Waals surface area contributed by atoms with E-state index in [-0.39, 0.29) is 27.8 Å². The van der Waals surface area contributed by atoms with Gasteiger partial charge in [-0.2, -0.15) is 0 Å². The third kappa shape index (κ3) is 4.18. The summed E-state index contributed by atoms with van der Waals surface area (Å²) in [5, 5.41) is 1.50. The molecular formula is C15H15N3O6S3. The zero-order chi connectivity index (χ0) is 19.6. The molecule has 1 amide bonds. The summed E-state index contributed by atoms with van der Waals surface area (Å²) >= 11 is 3.65. The van der Waals surface area contributed by atoms with Crippen LogP contribution in [0.3, 0.4) is 0 Å². The maximum Gasteiger partial charge on any atom is 0.357 e. The molecule has 1 saturated heterocycles. The fraction of sp³-hybridized carbons (Fsp3) is 0.400. The van der Waals surface area contributed by atoms with Gasteiger partial charge in [-0.25, -0.2) is 9.78 Å². The van der Waals surface area contributed by atoms with Gasteiger partial charge in [0.05, 0.1) is 0 Å². The van der Waals surface area contributed by atoms with Crippen LogP contribution in [0.4, 0.5) is 0 Å². The normalized spacial score (nSPS) is 21.4. The number of fused-ring (bicyclic) bond motifs is 1. The number of nitrogens with zero attached hydrogens (tertiary/aromatic N) is 2. The lowest BCUT2D eigenvalue weighted by Gasteiger charge is -2.48. The first-order valence-corrected chi connectivity index (χ1v) is 10.6. The number of thioether (sulfide) groups is 2. The minimum absolute atomic E-state index is 0.0667. The second-order valence-corrected chi connectivity index (χ2v) is 8.43. The van der Waals surface area contributed by atoms with Crippen molar-refractivity contribution in [1.82, 2.24) is 9.88 Å². The first kappa shape index (κ1) is 19.9. The van der Waals surface area contributed by atoms with Gasteiger partial charge >= 0.3 is 11.9 Å². The zero-order valence-corrected chi connectivity index (χ0v) is 16.5. The van der Waals surface area contributed by atoms with Gasteiger partial charge in [-0.15, -0.1) is 23.1 Å². The van der Waals surface area contributed by atoms with Gasteiger partial charge < -0.3 is 15.2 Å². The van der Waals surface area contributed by atoms with E-state index in [0.717, 1.165) is 11.8 Å². The van der Waals surface area contributed by atoms with Crippen molar-refractivity contribution in [2.24, 2.45) is 5.73 Å². The van der Waals surface area contributed by atoms with Crippen molar-refractivity contribution in [2.45, 2.75) is 18.3 Å². The van der Waals surface area contributed by atoms with Crippen molar-refractivity contribution in [3.63, 3.8) is 0 Å². The molecule has 2 aliphatic rings. The highest BCUT2D eigenvalue weighted by molar-refractivity contribution is 8.14. The maximum absolute atomic E-state index is 12.5. The number of aromatic nitrogens is 1. The Kier molecular flexibility index (Phi) is 6.19. The average Bonchev–Trinajstić information content (AvgIpc) is 3.19. The molecule has 0 bridgehead atoms. The van der Waals surface area contributed by atoms with Crippen molar-refractivity contribution < 1.29 is 28.7 Å². The van der Waals surface area contributed by atoms with E-state index in [2.05, 4.69) is 9.72 Å². The standard InChI is InChI=1S/C15H15N3O6S3/c1-7(19)23-6-24-14(21)10-8(4-26-13-9(16)12(20)18(10)13)5-27-15(22)11-17-2-3-25-11/h2-3,9,13H,4-6,16H2,1H3/t9?,13-/m1/s1. The van der Waals surface area contributed by atoms with Gasteiger partial charge in [-0.3, -0.25) is 19.3 Å². The molecule has 27 heavy (non-hydrogen) atoms. The monoisotopic (exact) mass is 429 g/mol. The van der Waals surface area contributed by atoms with E-state index in [9.17, 15) is 19.2 Å². The first-order chi connectivity index (χ1) is 12.9. The molecule has 0 spiro atoms. The summed E-state index contributed by atoms with van der Waals surface area (Å²) in [5.74, 6) is -1.15. The Labute approximate surface area is 166 Å². The van der Waals surface area contributed by atoms with Crippen LogP contribution in [0, 0.1) is 0 Å². The van der Waals surface area contributed by atoms with E-state index in [0.29, 0.717) is 16.3 Å². The minimum Gasteiger partial charge on any atom is -0.428 e. The van der Waals surface area contributed by atoms with E-state index in [4.69, 9.17) is 10.5 Å². The second kappa shape index (κ2) is 8.42. The van der Waals surface area contributed by atoms with Gasteiger partial charge in [0.2, 0.25) is 17.8 Å². The van der Waals surface area contributed by atoms with E-state index in [1.165, 1.54) is 41.1 Å². The summed E-state index contributed by atoms with van der Waals surface area (Å²) < 4.78 is 9.56. The predicted octanol–water partition coefficient (Wildman–Crippen LogP) is 0.577. The summed E-state index contributed by atoms with van der Waals surface area (Å²) in [5.41, 5.74) is 6.44. The van der Waals surface area contributed by atoms with Crippen LogP contribution in [0.25, 0.3) is 0 Å². The van der Waals surface area contributed by atoms with Gasteiger partial charge in [0, 0.05) is 30.0 Å². The number of hydrogen-bond donors (Lipinski definition) is 1. The molecule has 12 heteroatoms. The molecule has 9 nitrogen and oxygen atoms in total. The number of amides is 1. The summed E-state index contributed by atoms with van der Waals surface area (Å²) in [6.45, 7) is 0.632. The van der Waals surface area contributed by atoms with Crippen LogP contribution in [0.1, 0.15) is 16.7 Å². The van der Waals surface area contributed by atoms with Crippen LogP contribution in [0.2, 0.25) is 0 Å². The lowest BCUT2D eigenvalue weighted by Crippen LogP contribution is -2.68. The van der Waals surface area contributed by atoms with E-state index in [1.807, 2.05) is 0 Å². The molecule has 0 radical (unpaired) electrons. The molecule has 0 saturated carbocycles. The number of carbonyl (C=O) groups is 4. The summed E-state index contributed by atoms with van der Waals surface area (Å²) in [7, 11) is 0. The van der Waals surface area contributed by atoms with Crippen molar-refractivity contribution in [3.8, 4) is 0 Å². The predicted molar refractivity (Wildman–Crippen MR) is 99.7 cm³/mol. The Balaban J connectivity index is 1.75. The Hall–Kier alpha value is -1.89. The fourth-order valence-electron chi connectivity index (χ4n) is 2.45.